The molecule has 1 aliphatic rings. The van der Waals surface area contributed by atoms with Crippen molar-refractivity contribution >= 4 is 11.7 Å². The number of piperidine rings is 1. The Hall–Kier alpha value is -2.41. The van der Waals surface area contributed by atoms with Crippen molar-refractivity contribution in [3.8, 4) is 5.69 Å². The van der Waals surface area contributed by atoms with E-state index in [9.17, 15) is 9.90 Å². The van der Waals surface area contributed by atoms with E-state index in [-0.39, 0.29) is 18.6 Å². The van der Waals surface area contributed by atoms with Gasteiger partial charge in [0.25, 0.3) is 0 Å². The zero-order chi connectivity index (χ0) is 17.1. The standard InChI is InChI=1S/C17H23N5O2/c1-12-18-13(2)22(20-12)16-8-4-3-7-15(16)19-17(24)21-9-5-6-14(10-21)11-23/h3-4,7-8,14,23H,5-6,9-11H2,1-2H3,(H,19,24). The molecule has 0 bridgehead atoms. The third kappa shape index (κ3) is 3.41. The third-order valence-electron chi connectivity index (χ3n) is 4.31. The second kappa shape index (κ2) is 7.00. The summed E-state index contributed by atoms with van der Waals surface area (Å²) in [6.45, 7) is 5.15. The topological polar surface area (TPSA) is 83.3 Å². The first-order valence-corrected chi connectivity index (χ1v) is 8.25. The first-order valence-electron chi connectivity index (χ1n) is 8.25. The summed E-state index contributed by atoms with van der Waals surface area (Å²) >= 11 is 0. The molecule has 24 heavy (non-hydrogen) atoms. The fourth-order valence-electron chi connectivity index (χ4n) is 3.11. The first kappa shape index (κ1) is 16.4. The van der Waals surface area contributed by atoms with Crippen LogP contribution in [0.15, 0.2) is 24.3 Å². The maximum Gasteiger partial charge on any atom is 0.321 e. The average molecular weight is 329 g/mol. The van der Waals surface area contributed by atoms with E-state index in [1.807, 2.05) is 38.1 Å². The van der Waals surface area contributed by atoms with Gasteiger partial charge in [-0.15, -0.1) is 0 Å². The average Bonchev–Trinajstić information content (AvgIpc) is 2.93. The summed E-state index contributed by atoms with van der Waals surface area (Å²) in [5.74, 6) is 1.63. The van der Waals surface area contributed by atoms with Gasteiger partial charge in [-0.25, -0.2) is 14.5 Å². The van der Waals surface area contributed by atoms with E-state index >= 15 is 0 Å². The molecule has 7 nitrogen and oxygen atoms in total. The lowest BCUT2D eigenvalue weighted by atomic mass is 9.99. The number of hydrogen-bond donors (Lipinski definition) is 2. The van der Waals surface area contributed by atoms with Crippen molar-refractivity contribution in [2.45, 2.75) is 26.7 Å². The minimum atomic E-state index is -0.143. The molecule has 3 rings (SSSR count). The molecule has 2 N–H and O–H groups in total. The van der Waals surface area contributed by atoms with Gasteiger partial charge in [0, 0.05) is 19.7 Å². The normalized spacial score (nSPS) is 17.8. The van der Waals surface area contributed by atoms with Crippen LogP contribution in [-0.4, -0.2) is 50.5 Å². The number of aryl methyl sites for hydroxylation is 2. The number of anilines is 1. The van der Waals surface area contributed by atoms with Crippen LogP contribution >= 0.6 is 0 Å². The highest BCUT2D eigenvalue weighted by molar-refractivity contribution is 5.91. The molecule has 0 aliphatic carbocycles. The Morgan fingerprint density at radius 1 is 1.38 bits per heavy atom. The van der Waals surface area contributed by atoms with E-state index in [0.29, 0.717) is 24.6 Å². The molecular weight excluding hydrogens is 306 g/mol. The van der Waals surface area contributed by atoms with Gasteiger partial charge in [0.2, 0.25) is 0 Å². The molecule has 1 aliphatic heterocycles. The number of aliphatic hydroxyl groups excluding tert-OH is 1. The number of rotatable bonds is 3. The van der Waals surface area contributed by atoms with Crippen LogP contribution in [0.4, 0.5) is 10.5 Å². The number of aromatic nitrogens is 3. The van der Waals surface area contributed by atoms with Crippen LogP contribution in [0.25, 0.3) is 5.69 Å². The lowest BCUT2D eigenvalue weighted by molar-refractivity contribution is 0.136. The zero-order valence-electron chi connectivity index (χ0n) is 14.1. The number of nitrogens with zero attached hydrogens (tertiary/aromatic N) is 4. The van der Waals surface area contributed by atoms with Gasteiger partial charge >= 0.3 is 6.03 Å². The number of hydrogen-bond acceptors (Lipinski definition) is 4. The van der Waals surface area contributed by atoms with Crippen LogP contribution in [0.5, 0.6) is 0 Å². The van der Waals surface area contributed by atoms with Gasteiger partial charge in [0.1, 0.15) is 11.6 Å². The second-order valence-corrected chi connectivity index (χ2v) is 6.20. The molecule has 1 saturated heterocycles. The Labute approximate surface area is 141 Å². The molecule has 1 aromatic heterocycles. The van der Waals surface area contributed by atoms with E-state index in [0.717, 1.165) is 24.4 Å². The van der Waals surface area contributed by atoms with Gasteiger partial charge in [-0.1, -0.05) is 12.1 Å². The number of para-hydroxylation sites is 2. The number of benzene rings is 1. The zero-order valence-corrected chi connectivity index (χ0v) is 14.1. The highest BCUT2D eigenvalue weighted by Gasteiger charge is 2.24. The highest BCUT2D eigenvalue weighted by atomic mass is 16.3. The Morgan fingerprint density at radius 2 is 2.17 bits per heavy atom. The second-order valence-electron chi connectivity index (χ2n) is 6.20. The van der Waals surface area contributed by atoms with Crippen molar-refractivity contribution in [3.05, 3.63) is 35.9 Å². The summed E-state index contributed by atoms with van der Waals surface area (Å²) in [5.41, 5.74) is 1.49. The minimum Gasteiger partial charge on any atom is -0.396 e. The molecule has 0 radical (unpaired) electrons. The predicted octanol–water partition coefficient (Wildman–Crippen LogP) is 2.12. The van der Waals surface area contributed by atoms with Crippen LogP contribution in [0.2, 0.25) is 0 Å². The van der Waals surface area contributed by atoms with Crippen molar-refractivity contribution in [1.29, 1.82) is 0 Å². The summed E-state index contributed by atoms with van der Waals surface area (Å²) in [5, 5.41) is 16.7. The lowest BCUT2D eigenvalue weighted by Gasteiger charge is -2.32. The molecule has 2 amide bonds. The van der Waals surface area contributed by atoms with Crippen LogP contribution in [-0.2, 0) is 0 Å². The van der Waals surface area contributed by atoms with E-state index in [1.165, 1.54) is 0 Å². The van der Waals surface area contributed by atoms with E-state index < -0.39 is 0 Å². The van der Waals surface area contributed by atoms with Gasteiger partial charge in [-0.3, -0.25) is 0 Å². The summed E-state index contributed by atoms with van der Waals surface area (Å²) in [4.78, 5) is 18.7. The van der Waals surface area contributed by atoms with Gasteiger partial charge in [-0.05, 0) is 44.7 Å². The lowest BCUT2D eigenvalue weighted by Crippen LogP contribution is -2.43. The number of nitrogens with one attached hydrogen (secondary N) is 1. The summed E-state index contributed by atoms with van der Waals surface area (Å²) in [6, 6.07) is 7.41. The molecule has 0 spiro atoms. The SMILES string of the molecule is Cc1nc(C)n(-c2ccccc2NC(=O)N2CCCC(CO)C2)n1. The molecule has 128 valence electrons. The Morgan fingerprint density at radius 3 is 2.88 bits per heavy atom. The van der Waals surface area contributed by atoms with E-state index in [2.05, 4.69) is 15.4 Å². The Balaban J connectivity index is 1.80. The van der Waals surface area contributed by atoms with Gasteiger partial charge in [0.15, 0.2) is 0 Å². The van der Waals surface area contributed by atoms with Crippen LogP contribution in [0.3, 0.4) is 0 Å². The number of carbonyl (C=O) groups is 1. The van der Waals surface area contributed by atoms with Crippen LogP contribution in [0.1, 0.15) is 24.5 Å². The number of carbonyl (C=O) groups excluding carboxylic acids is 1. The van der Waals surface area contributed by atoms with Crippen LogP contribution in [0, 0.1) is 19.8 Å². The van der Waals surface area contributed by atoms with Gasteiger partial charge < -0.3 is 15.3 Å². The minimum absolute atomic E-state index is 0.123. The summed E-state index contributed by atoms with van der Waals surface area (Å²) in [7, 11) is 0. The van der Waals surface area contributed by atoms with Crippen molar-refractivity contribution < 1.29 is 9.90 Å². The molecule has 2 aromatic rings. The number of urea groups is 1. The maximum atomic E-state index is 12.6. The fourth-order valence-corrected chi connectivity index (χ4v) is 3.11. The van der Waals surface area contributed by atoms with Gasteiger partial charge in [-0.2, -0.15) is 5.10 Å². The highest BCUT2D eigenvalue weighted by Crippen LogP contribution is 2.22. The predicted molar refractivity (Wildman–Crippen MR) is 91.2 cm³/mol. The molecule has 1 aromatic carbocycles. The first-order chi connectivity index (χ1) is 11.6. The smallest absolute Gasteiger partial charge is 0.321 e. The Kier molecular flexibility index (Phi) is 4.80. The number of likely N-dealkylation sites (tertiary alicyclic amines) is 1. The molecule has 1 atom stereocenters. The summed E-state index contributed by atoms with van der Waals surface area (Å²) in [6.07, 6.45) is 1.88. The van der Waals surface area contributed by atoms with E-state index in [1.54, 1.807) is 9.58 Å². The maximum absolute atomic E-state index is 12.6. The quantitative estimate of drug-likeness (QED) is 0.903. The third-order valence-corrected chi connectivity index (χ3v) is 4.31. The van der Waals surface area contributed by atoms with E-state index in [4.69, 9.17) is 0 Å². The van der Waals surface area contributed by atoms with Crippen molar-refractivity contribution in [1.82, 2.24) is 19.7 Å². The van der Waals surface area contributed by atoms with Crippen molar-refractivity contribution in [2.75, 3.05) is 25.0 Å². The van der Waals surface area contributed by atoms with Crippen LogP contribution < -0.4 is 5.32 Å². The monoisotopic (exact) mass is 329 g/mol. The van der Waals surface area contributed by atoms with Gasteiger partial charge in [0.05, 0.1) is 11.4 Å². The van der Waals surface area contributed by atoms with Crippen molar-refractivity contribution in [3.63, 3.8) is 0 Å². The number of amides is 2. The molecule has 1 fully saturated rings. The molecule has 0 saturated carbocycles. The van der Waals surface area contributed by atoms with Crippen molar-refractivity contribution in [2.24, 2.45) is 5.92 Å². The fraction of sp³-hybridized carbons (Fsp3) is 0.471. The largest absolute Gasteiger partial charge is 0.396 e. The molecule has 2 heterocycles. The number of aliphatic hydroxyl groups is 1. The summed E-state index contributed by atoms with van der Waals surface area (Å²) < 4.78 is 1.73. The Bertz CT molecular complexity index is 728. The molecule has 7 heteroatoms. The molecular formula is C17H23N5O2. The molecule has 1 unspecified atom stereocenters.